The van der Waals surface area contributed by atoms with E-state index >= 15 is 0 Å². The van der Waals surface area contributed by atoms with Crippen LogP contribution in [0.5, 0.6) is 0 Å². The molecule has 0 unspecified atom stereocenters. The van der Waals surface area contributed by atoms with Gasteiger partial charge in [0, 0.05) is 11.9 Å². The molecular weight excluding hydrogens is 236 g/mol. The van der Waals surface area contributed by atoms with E-state index in [0.29, 0.717) is 13.1 Å². The van der Waals surface area contributed by atoms with Crippen molar-refractivity contribution in [3.63, 3.8) is 0 Å². The lowest BCUT2D eigenvalue weighted by Gasteiger charge is -2.23. The lowest BCUT2D eigenvalue weighted by Crippen LogP contribution is -2.38. The van der Waals surface area contributed by atoms with Gasteiger partial charge in [-0.25, -0.2) is 0 Å². The van der Waals surface area contributed by atoms with Gasteiger partial charge in [-0.15, -0.1) is 0 Å². The molecule has 2 aromatic carbocycles. The van der Waals surface area contributed by atoms with Crippen molar-refractivity contribution in [2.24, 2.45) is 0 Å². The Bertz CT molecular complexity index is 560. The van der Waals surface area contributed by atoms with E-state index in [-0.39, 0.29) is 5.91 Å². The van der Waals surface area contributed by atoms with Crippen molar-refractivity contribution in [3.8, 4) is 0 Å². The third-order valence-corrected chi connectivity index (χ3v) is 3.20. The van der Waals surface area contributed by atoms with Crippen molar-refractivity contribution >= 4 is 22.4 Å². The van der Waals surface area contributed by atoms with Gasteiger partial charge in [0.2, 0.25) is 5.91 Å². The Morgan fingerprint density at radius 3 is 2.58 bits per heavy atom. The first-order chi connectivity index (χ1) is 9.27. The van der Waals surface area contributed by atoms with Crippen LogP contribution < -0.4 is 10.2 Å². The summed E-state index contributed by atoms with van der Waals surface area (Å²) in [4.78, 5) is 14.1. The van der Waals surface area contributed by atoms with Gasteiger partial charge in [0.15, 0.2) is 0 Å². The second-order valence-corrected chi connectivity index (χ2v) is 4.42. The summed E-state index contributed by atoms with van der Waals surface area (Å²) in [7, 11) is 0. The maximum Gasteiger partial charge on any atom is 0.240 e. The number of benzene rings is 2. The van der Waals surface area contributed by atoms with Crippen molar-refractivity contribution in [2.75, 3.05) is 24.5 Å². The minimum Gasteiger partial charge on any atom is -0.311 e. The number of fused-ring (bicyclic) bond motifs is 1. The van der Waals surface area contributed by atoms with Crippen LogP contribution in [0.15, 0.2) is 42.5 Å². The van der Waals surface area contributed by atoms with Gasteiger partial charge in [0.25, 0.3) is 0 Å². The lowest BCUT2D eigenvalue weighted by atomic mass is 10.1. The molecular formula is C16H20N2O. The molecule has 1 amide bonds. The smallest absolute Gasteiger partial charge is 0.240 e. The minimum atomic E-state index is 0.112. The number of nitrogens with zero attached hydrogens (tertiary/aromatic N) is 1. The molecule has 0 spiro atoms. The highest BCUT2D eigenvalue weighted by Crippen LogP contribution is 2.26. The van der Waals surface area contributed by atoms with Gasteiger partial charge in [-0.2, -0.15) is 0 Å². The first kappa shape index (κ1) is 13.6. The molecule has 0 fully saturated rings. The van der Waals surface area contributed by atoms with Gasteiger partial charge in [-0.05, 0) is 24.9 Å². The van der Waals surface area contributed by atoms with Crippen molar-refractivity contribution in [1.82, 2.24) is 5.32 Å². The van der Waals surface area contributed by atoms with Crippen LogP contribution in [0.25, 0.3) is 10.8 Å². The molecule has 0 heterocycles. The van der Waals surface area contributed by atoms with E-state index in [0.717, 1.165) is 23.0 Å². The summed E-state index contributed by atoms with van der Waals surface area (Å²) in [5.41, 5.74) is 0.989. The van der Waals surface area contributed by atoms with Crippen molar-refractivity contribution in [3.05, 3.63) is 42.5 Å². The molecule has 1 N–H and O–H groups in total. The summed E-state index contributed by atoms with van der Waals surface area (Å²) in [6.07, 6.45) is 0. The maximum absolute atomic E-state index is 12.2. The van der Waals surface area contributed by atoms with Crippen LogP contribution >= 0.6 is 0 Å². The third-order valence-electron chi connectivity index (χ3n) is 3.20. The summed E-state index contributed by atoms with van der Waals surface area (Å²) in [5, 5.41) is 5.37. The highest BCUT2D eigenvalue weighted by molar-refractivity contribution is 6.04. The molecule has 0 aliphatic heterocycles. The molecule has 0 radical (unpaired) electrons. The zero-order chi connectivity index (χ0) is 13.7. The first-order valence-electron chi connectivity index (χ1n) is 6.76. The predicted molar refractivity (Wildman–Crippen MR) is 80.5 cm³/mol. The van der Waals surface area contributed by atoms with Crippen molar-refractivity contribution in [1.29, 1.82) is 0 Å². The summed E-state index contributed by atoms with van der Waals surface area (Å²) in [6.45, 7) is 5.87. The number of rotatable bonds is 5. The van der Waals surface area contributed by atoms with Crippen LogP contribution in [-0.2, 0) is 4.79 Å². The minimum absolute atomic E-state index is 0.112. The van der Waals surface area contributed by atoms with Gasteiger partial charge in [0.1, 0.15) is 0 Å². The standard InChI is InChI=1S/C16H20N2O/c1-3-17-12-16(19)18(4-2)15-11-7-9-13-8-5-6-10-14(13)15/h5-11,17H,3-4,12H2,1-2H3. The van der Waals surface area contributed by atoms with Gasteiger partial charge in [-0.3, -0.25) is 4.79 Å². The fraction of sp³-hybridized carbons (Fsp3) is 0.312. The Morgan fingerprint density at radius 2 is 1.84 bits per heavy atom. The SMILES string of the molecule is CCNCC(=O)N(CC)c1cccc2ccccc12. The topological polar surface area (TPSA) is 32.3 Å². The second-order valence-electron chi connectivity index (χ2n) is 4.42. The number of anilines is 1. The molecule has 0 saturated carbocycles. The summed E-state index contributed by atoms with van der Waals surface area (Å²) >= 11 is 0. The average molecular weight is 256 g/mol. The monoisotopic (exact) mass is 256 g/mol. The van der Waals surface area contributed by atoms with E-state index in [1.54, 1.807) is 0 Å². The van der Waals surface area contributed by atoms with Gasteiger partial charge >= 0.3 is 0 Å². The van der Waals surface area contributed by atoms with Crippen molar-refractivity contribution in [2.45, 2.75) is 13.8 Å². The summed E-state index contributed by atoms with van der Waals surface area (Å²) < 4.78 is 0. The zero-order valence-electron chi connectivity index (χ0n) is 11.5. The number of hydrogen-bond donors (Lipinski definition) is 1. The Hall–Kier alpha value is -1.87. The lowest BCUT2D eigenvalue weighted by molar-refractivity contribution is -0.117. The number of nitrogens with one attached hydrogen (secondary N) is 1. The molecule has 3 nitrogen and oxygen atoms in total. The van der Waals surface area contributed by atoms with Crippen LogP contribution in [-0.4, -0.2) is 25.5 Å². The molecule has 0 aliphatic carbocycles. The van der Waals surface area contributed by atoms with E-state index in [1.807, 2.05) is 43.0 Å². The first-order valence-corrected chi connectivity index (χ1v) is 6.76. The van der Waals surface area contributed by atoms with Crippen LogP contribution in [0.1, 0.15) is 13.8 Å². The van der Waals surface area contributed by atoms with Crippen LogP contribution in [0.3, 0.4) is 0 Å². The normalized spacial score (nSPS) is 10.6. The quantitative estimate of drug-likeness (QED) is 0.892. The molecule has 0 aliphatic rings. The predicted octanol–water partition coefficient (Wildman–Crippen LogP) is 2.80. The Balaban J connectivity index is 2.38. The highest BCUT2D eigenvalue weighted by atomic mass is 16.2. The van der Waals surface area contributed by atoms with E-state index in [4.69, 9.17) is 0 Å². The van der Waals surface area contributed by atoms with Crippen LogP contribution in [0.2, 0.25) is 0 Å². The summed E-state index contributed by atoms with van der Waals surface area (Å²) in [6, 6.07) is 14.2. The van der Waals surface area contributed by atoms with Crippen LogP contribution in [0.4, 0.5) is 5.69 Å². The van der Waals surface area contributed by atoms with E-state index in [1.165, 1.54) is 0 Å². The summed E-state index contributed by atoms with van der Waals surface area (Å²) in [5.74, 6) is 0.112. The fourth-order valence-corrected chi connectivity index (χ4v) is 2.25. The molecule has 0 saturated heterocycles. The van der Waals surface area contributed by atoms with Gasteiger partial charge < -0.3 is 10.2 Å². The highest BCUT2D eigenvalue weighted by Gasteiger charge is 2.15. The average Bonchev–Trinajstić information content (AvgIpc) is 2.46. The Kier molecular flexibility index (Phi) is 4.53. The number of carbonyl (C=O) groups is 1. The number of amides is 1. The molecule has 100 valence electrons. The second kappa shape index (κ2) is 6.34. The van der Waals surface area contributed by atoms with E-state index < -0.39 is 0 Å². The molecule has 0 bridgehead atoms. The molecule has 0 atom stereocenters. The number of carbonyl (C=O) groups excluding carboxylic acids is 1. The van der Waals surface area contributed by atoms with Gasteiger partial charge in [0.05, 0.1) is 12.2 Å². The molecule has 2 rings (SSSR count). The fourth-order valence-electron chi connectivity index (χ4n) is 2.25. The number of likely N-dealkylation sites (N-methyl/N-ethyl adjacent to an activating group) is 2. The molecule has 2 aromatic rings. The molecule has 0 aromatic heterocycles. The Morgan fingerprint density at radius 1 is 1.11 bits per heavy atom. The molecule has 3 heteroatoms. The van der Waals surface area contributed by atoms with Crippen LogP contribution in [0, 0.1) is 0 Å². The Labute approximate surface area is 114 Å². The number of hydrogen-bond acceptors (Lipinski definition) is 2. The molecule has 19 heavy (non-hydrogen) atoms. The van der Waals surface area contributed by atoms with E-state index in [2.05, 4.69) is 23.5 Å². The van der Waals surface area contributed by atoms with Gasteiger partial charge in [-0.1, -0.05) is 43.3 Å². The van der Waals surface area contributed by atoms with Crippen molar-refractivity contribution < 1.29 is 4.79 Å². The zero-order valence-corrected chi connectivity index (χ0v) is 11.5. The van der Waals surface area contributed by atoms with E-state index in [9.17, 15) is 4.79 Å². The third kappa shape index (κ3) is 2.93. The largest absolute Gasteiger partial charge is 0.311 e. The maximum atomic E-state index is 12.2.